The van der Waals surface area contributed by atoms with Gasteiger partial charge in [-0.15, -0.1) is 5.11 Å². The van der Waals surface area contributed by atoms with Crippen molar-refractivity contribution in [2.75, 3.05) is 30.8 Å². The summed E-state index contributed by atoms with van der Waals surface area (Å²) in [6.45, 7) is 9.91. The molecule has 0 radical (unpaired) electrons. The Morgan fingerprint density at radius 3 is 2.00 bits per heavy atom. The molecular formula is C24H29Cl2N3O6. The van der Waals surface area contributed by atoms with E-state index in [-0.39, 0.29) is 22.1 Å². The van der Waals surface area contributed by atoms with Crippen LogP contribution in [0.25, 0.3) is 0 Å². The Morgan fingerprint density at radius 1 is 0.914 bits per heavy atom. The minimum absolute atomic E-state index is 0.165. The molecule has 0 aliphatic carbocycles. The van der Waals surface area contributed by atoms with Crippen molar-refractivity contribution >= 4 is 46.4 Å². The molecule has 0 aromatic heterocycles. The van der Waals surface area contributed by atoms with Gasteiger partial charge in [0.25, 0.3) is 5.91 Å². The molecule has 0 spiro atoms. The van der Waals surface area contributed by atoms with Gasteiger partial charge in [-0.1, -0.05) is 11.6 Å². The van der Waals surface area contributed by atoms with Crippen molar-refractivity contribution in [1.82, 2.24) is 0 Å². The molecule has 9 nitrogen and oxygen atoms in total. The fourth-order valence-corrected chi connectivity index (χ4v) is 3.40. The highest BCUT2D eigenvalue weighted by Gasteiger charge is 2.30. The molecule has 0 aliphatic heterocycles. The van der Waals surface area contributed by atoms with E-state index in [4.69, 9.17) is 42.3 Å². The van der Waals surface area contributed by atoms with Gasteiger partial charge < -0.3 is 18.9 Å². The summed E-state index contributed by atoms with van der Waals surface area (Å²) in [6, 6.07) is 6.48. The molecule has 0 bridgehead atoms. The van der Waals surface area contributed by atoms with E-state index in [1.54, 1.807) is 44.2 Å². The molecule has 2 aromatic rings. The highest BCUT2D eigenvalue weighted by atomic mass is 35.5. The number of rotatable bonds is 13. The summed E-state index contributed by atoms with van der Waals surface area (Å²) in [5.74, 6) is 0.105. The first kappa shape index (κ1) is 28.2. The van der Waals surface area contributed by atoms with Crippen molar-refractivity contribution in [3.05, 3.63) is 35.4 Å². The van der Waals surface area contributed by atoms with Crippen LogP contribution in [0.5, 0.6) is 23.0 Å². The number of nitrogens with zero attached hydrogens (tertiary/aromatic N) is 3. The molecule has 1 unspecified atom stereocenters. The van der Waals surface area contributed by atoms with Crippen LogP contribution in [0.1, 0.15) is 34.6 Å². The minimum Gasteiger partial charge on any atom is -0.494 e. The summed E-state index contributed by atoms with van der Waals surface area (Å²) >= 11 is 12.6. The number of carbonyl (C=O) groups is 2. The van der Waals surface area contributed by atoms with E-state index in [2.05, 4.69) is 10.2 Å². The van der Waals surface area contributed by atoms with Crippen molar-refractivity contribution in [3.63, 3.8) is 0 Å². The molecular weight excluding hydrogens is 497 g/mol. The molecule has 11 heteroatoms. The normalized spacial score (nSPS) is 11.7. The minimum atomic E-state index is -1.53. The summed E-state index contributed by atoms with van der Waals surface area (Å²) in [7, 11) is 0. The second-order valence-electron chi connectivity index (χ2n) is 6.97. The summed E-state index contributed by atoms with van der Waals surface area (Å²) in [6.07, 6.45) is 0. The molecule has 2 aromatic carbocycles. The number of hydrogen-bond donors (Lipinski definition) is 0. The third-order valence-corrected chi connectivity index (χ3v) is 5.09. The zero-order valence-corrected chi connectivity index (χ0v) is 21.9. The second-order valence-corrected chi connectivity index (χ2v) is 7.71. The number of hydrogen-bond acceptors (Lipinski definition) is 8. The largest absolute Gasteiger partial charge is 0.494 e. The van der Waals surface area contributed by atoms with Gasteiger partial charge in [-0.3, -0.25) is 9.59 Å². The van der Waals surface area contributed by atoms with E-state index in [1.165, 1.54) is 6.92 Å². The molecule has 0 fully saturated rings. The predicted octanol–water partition coefficient (Wildman–Crippen LogP) is 6.16. The number of Topliss-reactive ketones (excluding diaryl/α,β-unsaturated/α-hetero) is 1. The Bertz CT molecular complexity index is 1040. The standard InChI is InChI=1S/C24H29Cl2N3O6/c1-6-32-17-12-16(13-18(14-17)33-7-2)29(26)24(31)21(15(5)30)27-28-22-20(34-8-3)11-10-19(25)23(22)35-9-4/h10-14,21H,6-9H2,1-5H3. The van der Waals surface area contributed by atoms with Crippen LogP contribution < -0.4 is 23.4 Å². The number of ether oxygens (including phenoxy) is 4. The summed E-state index contributed by atoms with van der Waals surface area (Å²) < 4.78 is 23.1. The molecule has 1 amide bonds. The average molecular weight is 526 g/mol. The Hall–Kier alpha value is -3.04. The Labute approximate surface area is 215 Å². The van der Waals surface area contributed by atoms with Gasteiger partial charge in [0.15, 0.2) is 23.0 Å². The van der Waals surface area contributed by atoms with Crippen LogP contribution in [0.15, 0.2) is 40.6 Å². The van der Waals surface area contributed by atoms with Crippen molar-refractivity contribution < 1.29 is 28.5 Å². The van der Waals surface area contributed by atoms with E-state index < -0.39 is 17.7 Å². The van der Waals surface area contributed by atoms with E-state index >= 15 is 0 Å². The van der Waals surface area contributed by atoms with E-state index in [0.717, 1.165) is 4.42 Å². The first-order valence-corrected chi connectivity index (χ1v) is 11.9. The SMILES string of the molecule is CCOc1cc(OCC)cc(N(Cl)C(=O)C(N=Nc2c(OCC)ccc(Cl)c2OCC)C(C)=O)c1. The number of azo groups is 1. The van der Waals surface area contributed by atoms with Crippen molar-refractivity contribution in [2.24, 2.45) is 10.2 Å². The average Bonchev–Trinajstić information content (AvgIpc) is 2.82. The smallest absolute Gasteiger partial charge is 0.276 e. The molecule has 0 heterocycles. The first-order valence-electron chi connectivity index (χ1n) is 11.2. The van der Waals surface area contributed by atoms with Gasteiger partial charge >= 0.3 is 0 Å². The highest BCUT2D eigenvalue weighted by molar-refractivity contribution is 6.39. The molecule has 35 heavy (non-hydrogen) atoms. The number of ketones is 1. The second kappa shape index (κ2) is 13.7. The fraction of sp³-hybridized carbons (Fsp3) is 0.417. The number of benzene rings is 2. The lowest BCUT2D eigenvalue weighted by molar-refractivity contribution is -0.126. The number of halogens is 2. The zero-order chi connectivity index (χ0) is 26.0. The van der Waals surface area contributed by atoms with Gasteiger partial charge in [-0.25, -0.2) is 4.42 Å². The van der Waals surface area contributed by atoms with Crippen molar-refractivity contribution in [1.29, 1.82) is 0 Å². The maximum absolute atomic E-state index is 13.2. The molecule has 2 rings (SSSR count). The van der Waals surface area contributed by atoms with Gasteiger partial charge in [0.2, 0.25) is 6.04 Å². The fourth-order valence-electron chi connectivity index (χ4n) is 3.00. The third kappa shape index (κ3) is 7.47. The van der Waals surface area contributed by atoms with Gasteiger partial charge in [0.1, 0.15) is 11.5 Å². The zero-order valence-electron chi connectivity index (χ0n) is 20.3. The monoisotopic (exact) mass is 525 g/mol. The van der Waals surface area contributed by atoms with Gasteiger partial charge in [0, 0.05) is 30.0 Å². The van der Waals surface area contributed by atoms with E-state index in [9.17, 15) is 9.59 Å². The quantitative estimate of drug-likeness (QED) is 0.176. The first-order chi connectivity index (χ1) is 16.8. The van der Waals surface area contributed by atoms with Crippen molar-refractivity contribution in [2.45, 2.75) is 40.7 Å². The van der Waals surface area contributed by atoms with Crippen LogP contribution in [0, 0.1) is 0 Å². The molecule has 1 atom stereocenters. The summed E-state index contributed by atoms with van der Waals surface area (Å²) in [5, 5.41) is 8.42. The highest BCUT2D eigenvalue weighted by Crippen LogP contribution is 2.43. The van der Waals surface area contributed by atoms with Gasteiger partial charge in [-0.05, 0) is 46.8 Å². The summed E-state index contributed by atoms with van der Waals surface area (Å²) in [4.78, 5) is 25.6. The van der Waals surface area contributed by atoms with Crippen LogP contribution in [0.4, 0.5) is 11.4 Å². The number of carbonyl (C=O) groups excluding carboxylic acids is 2. The third-order valence-electron chi connectivity index (χ3n) is 4.43. The lowest BCUT2D eigenvalue weighted by atomic mass is 10.2. The van der Waals surface area contributed by atoms with Gasteiger partial charge in [-0.2, -0.15) is 5.11 Å². The molecule has 190 valence electrons. The van der Waals surface area contributed by atoms with Crippen LogP contribution in [0.3, 0.4) is 0 Å². The topological polar surface area (TPSA) is 99.0 Å². The Balaban J connectivity index is 2.45. The molecule has 0 N–H and O–H groups in total. The van der Waals surface area contributed by atoms with Gasteiger partial charge in [0.05, 0.1) is 37.1 Å². The van der Waals surface area contributed by atoms with Crippen LogP contribution >= 0.6 is 23.4 Å². The molecule has 0 saturated heterocycles. The number of amides is 1. The lowest BCUT2D eigenvalue weighted by Gasteiger charge is -2.19. The van der Waals surface area contributed by atoms with E-state index in [0.29, 0.717) is 43.7 Å². The summed E-state index contributed by atoms with van der Waals surface area (Å²) in [5.41, 5.74) is 0.415. The predicted molar refractivity (Wildman–Crippen MR) is 135 cm³/mol. The van der Waals surface area contributed by atoms with E-state index in [1.807, 2.05) is 13.8 Å². The van der Waals surface area contributed by atoms with Crippen molar-refractivity contribution in [3.8, 4) is 23.0 Å². The van der Waals surface area contributed by atoms with Crippen LogP contribution in [-0.2, 0) is 9.59 Å². The maximum atomic E-state index is 13.2. The Kier molecular flexibility index (Phi) is 11.1. The number of anilines is 1. The van der Waals surface area contributed by atoms with Crippen LogP contribution in [0.2, 0.25) is 5.02 Å². The Morgan fingerprint density at radius 2 is 1.49 bits per heavy atom. The van der Waals surface area contributed by atoms with Crippen LogP contribution in [-0.4, -0.2) is 44.2 Å². The molecule has 0 aliphatic rings. The maximum Gasteiger partial charge on any atom is 0.276 e. The molecule has 0 saturated carbocycles. The lowest BCUT2D eigenvalue weighted by Crippen LogP contribution is -2.36.